The minimum Gasteiger partial charge on any atom is -0.508 e. The van der Waals surface area contributed by atoms with Crippen LogP contribution in [0.15, 0.2) is 41.3 Å². The number of pyridine rings is 1. The number of aromatic carboxylic acids is 1. The molecule has 1 aromatic heterocycles. The first kappa shape index (κ1) is 23.4. The van der Waals surface area contributed by atoms with Crippen LogP contribution in [0.25, 0.3) is 16.6 Å². The lowest BCUT2D eigenvalue weighted by Crippen LogP contribution is -2.25. The summed E-state index contributed by atoms with van der Waals surface area (Å²) in [5, 5.41) is 19.0. The van der Waals surface area contributed by atoms with Crippen molar-refractivity contribution < 1.29 is 24.1 Å². The van der Waals surface area contributed by atoms with Gasteiger partial charge in [-0.25, -0.2) is 9.18 Å². The SMILES string of the molecule is COc1c(N2CCC(CN)C2)c(F)cc2c(=O)c(C(=O)O)cn(-c3ccc(O)cc3)c12.Cl. The van der Waals surface area contributed by atoms with E-state index in [0.29, 0.717) is 25.3 Å². The summed E-state index contributed by atoms with van der Waals surface area (Å²) in [6.45, 7) is 1.61. The van der Waals surface area contributed by atoms with Gasteiger partial charge < -0.3 is 30.2 Å². The second-order valence-corrected chi connectivity index (χ2v) is 7.54. The molecule has 0 radical (unpaired) electrons. The molecule has 1 fully saturated rings. The molecule has 2 aromatic carbocycles. The van der Waals surface area contributed by atoms with Gasteiger partial charge in [0.05, 0.1) is 12.5 Å². The van der Waals surface area contributed by atoms with E-state index in [1.165, 1.54) is 30.0 Å². The predicted molar refractivity (Wildman–Crippen MR) is 121 cm³/mol. The van der Waals surface area contributed by atoms with Gasteiger partial charge in [0.1, 0.15) is 22.5 Å². The number of halogens is 2. The fraction of sp³-hybridized carbons (Fsp3) is 0.273. The average molecular weight is 464 g/mol. The second kappa shape index (κ2) is 9.05. The van der Waals surface area contributed by atoms with Crippen LogP contribution in [-0.2, 0) is 0 Å². The van der Waals surface area contributed by atoms with Crippen LogP contribution in [0.4, 0.5) is 10.1 Å². The van der Waals surface area contributed by atoms with E-state index in [1.807, 2.05) is 4.90 Å². The molecule has 0 bridgehead atoms. The van der Waals surface area contributed by atoms with Gasteiger partial charge in [-0.15, -0.1) is 12.4 Å². The highest BCUT2D eigenvalue weighted by molar-refractivity contribution is 5.97. The molecule has 4 N–H and O–H groups in total. The number of hydrogen-bond donors (Lipinski definition) is 3. The highest BCUT2D eigenvalue weighted by Crippen LogP contribution is 2.41. The molecule has 0 spiro atoms. The van der Waals surface area contributed by atoms with Crippen molar-refractivity contribution in [2.75, 3.05) is 31.6 Å². The van der Waals surface area contributed by atoms with Crippen LogP contribution in [0.1, 0.15) is 16.8 Å². The van der Waals surface area contributed by atoms with Gasteiger partial charge in [0.15, 0.2) is 11.6 Å². The zero-order valence-corrected chi connectivity index (χ0v) is 18.1. The Labute approximate surface area is 189 Å². The number of aromatic hydroxyl groups is 1. The van der Waals surface area contributed by atoms with Gasteiger partial charge in [0.25, 0.3) is 0 Å². The molecule has 3 aromatic rings. The summed E-state index contributed by atoms with van der Waals surface area (Å²) in [6.07, 6.45) is 2.00. The van der Waals surface area contributed by atoms with Crippen molar-refractivity contribution in [1.82, 2.24) is 4.57 Å². The summed E-state index contributed by atoms with van der Waals surface area (Å²) in [4.78, 5) is 26.4. The number of carboxylic acid groups (broad SMARTS) is 1. The summed E-state index contributed by atoms with van der Waals surface area (Å²) < 4.78 is 22.3. The average Bonchev–Trinajstić information content (AvgIpc) is 3.22. The molecule has 10 heteroatoms. The van der Waals surface area contributed by atoms with Crippen LogP contribution >= 0.6 is 12.4 Å². The lowest BCUT2D eigenvalue weighted by Gasteiger charge is -2.24. The number of carbonyl (C=O) groups is 1. The van der Waals surface area contributed by atoms with Crippen LogP contribution in [0.3, 0.4) is 0 Å². The first-order valence-corrected chi connectivity index (χ1v) is 9.79. The van der Waals surface area contributed by atoms with Crippen molar-refractivity contribution in [3.8, 4) is 17.2 Å². The molecule has 32 heavy (non-hydrogen) atoms. The van der Waals surface area contributed by atoms with Gasteiger partial charge in [-0.3, -0.25) is 4.79 Å². The standard InChI is InChI=1S/C22H22FN3O5.ClH/c1-31-21-18-15(8-17(23)19(21)25-7-6-12(9-24)10-25)20(28)16(22(29)30)11-26(18)13-2-4-14(27)5-3-13;/h2-5,8,11-12,27H,6-7,9-10,24H2,1H3,(H,29,30);1H. The smallest absolute Gasteiger partial charge is 0.341 e. The Hall–Kier alpha value is -3.30. The van der Waals surface area contributed by atoms with Crippen LogP contribution in [0.2, 0.25) is 0 Å². The van der Waals surface area contributed by atoms with Crippen LogP contribution < -0.4 is 20.8 Å². The van der Waals surface area contributed by atoms with Crippen LogP contribution in [0, 0.1) is 11.7 Å². The maximum atomic E-state index is 15.3. The molecule has 1 aliphatic heterocycles. The van der Waals surface area contributed by atoms with Crippen molar-refractivity contribution in [3.63, 3.8) is 0 Å². The number of phenols is 1. The number of ether oxygens (including phenoxy) is 1. The Morgan fingerprint density at radius 2 is 2.00 bits per heavy atom. The topological polar surface area (TPSA) is 118 Å². The Morgan fingerprint density at radius 1 is 1.31 bits per heavy atom. The fourth-order valence-electron chi connectivity index (χ4n) is 4.10. The molecule has 0 saturated carbocycles. The van der Waals surface area contributed by atoms with Gasteiger partial charge in [0.2, 0.25) is 5.43 Å². The van der Waals surface area contributed by atoms with E-state index in [1.54, 1.807) is 12.1 Å². The number of nitrogens with zero attached hydrogens (tertiary/aromatic N) is 2. The van der Waals surface area contributed by atoms with Gasteiger partial charge in [0, 0.05) is 25.0 Å². The number of aromatic nitrogens is 1. The van der Waals surface area contributed by atoms with Crippen molar-refractivity contribution >= 4 is 35.0 Å². The number of hydrogen-bond acceptors (Lipinski definition) is 6. The monoisotopic (exact) mass is 463 g/mol. The molecule has 1 unspecified atom stereocenters. The van der Waals surface area contributed by atoms with E-state index in [-0.39, 0.29) is 46.4 Å². The third-order valence-corrected chi connectivity index (χ3v) is 5.67. The summed E-state index contributed by atoms with van der Waals surface area (Å²) in [6, 6.07) is 7.06. The quantitative estimate of drug-likeness (QED) is 0.532. The lowest BCUT2D eigenvalue weighted by molar-refractivity contribution is 0.0695. The fourth-order valence-corrected chi connectivity index (χ4v) is 4.10. The van der Waals surface area contributed by atoms with Crippen LogP contribution in [-0.4, -0.2) is 47.5 Å². The minimum absolute atomic E-state index is 0. The van der Waals surface area contributed by atoms with Crippen molar-refractivity contribution in [2.24, 2.45) is 11.7 Å². The van der Waals surface area contributed by atoms with E-state index >= 15 is 4.39 Å². The lowest BCUT2D eigenvalue weighted by atomic mass is 10.1. The third-order valence-electron chi connectivity index (χ3n) is 5.67. The Morgan fingerprint density at radius 3 is 2.56 bits per heavy atom. The molecule has 2 heterocycles. The molecule has 0 aliphatic carbocycles. The number of rotatable bonds is 5. The largest absolute Gasteiger partial charge is 0.508 e. The summed E-state index contributed by atoms with van der Waals surface area (Å²) in [5.41, 5.74) is 5.40. The normalized spacial score (nSPS) is 15.6. The van der Waals surface area contributed by atoms with E-state index in [2.05, 4.69) is 0 Å². The Bertz CT molecular complexity index is 1230. The number of anilines is 1. The minimum atomic E-state index is -1.42. The van der Waals surface area contributed by atoms with Crippen LogP contribution in [0.5, 0.6) is 11.5 Å². The number of phenolic OH excluding ortho intramolecular Hbond substituents is 1. The number of fused-ring (bicyclic) bond motifs is 1. The highest BCUT2D eigenvalue weighted by atomic mass is 35.5. The number of benzene rings is 2. The number of methoxy groups -OCH3 is 1. The first-order valence-electron chi connectivity index (χ1n) is 9.79. The maximum absolute atomic E-state index is 15.3. The van der Waals surface area contributed by atoms with Gasteiger partial charge >= 0.3 is 5.97 Å². The highest BCUT2D eigenvalue weighted by Gasteiger charge is 2.30. The third kappa shape index (κ3) is 3.85. The van der Waals surface area contributed by atoms with E-state index < -0.39 is 22.8 Å². The predicted octanol–water partition coefficient (Wildman–Crippen LogP) is 2.75. The van der Waals surface area contributed by atoms with Gasteiger partial charge in [-0.2, -0.15) is 0 Å². The second-order valence-electron chi connectivity index (χ2n) is 7.54. The Kier molecular flexibility index (Phi) is 6.61. The van der Waals surface area contributed by atoms with Crippen molar-refractivity contribution in [2.45, 2.75) is 6.42 Å². The zero-order chi connectivity index (χ0) is 22.3. The molecule has 4 rings (SSSR count). The number of nitrogens with two attached hydrogens (primary N) is 1. The van der Waals surface area contributed by atoms with E-state index in [4.69, 9.17) is 10.5 Å². The molecule has 1 saturated heterocycles. The maximum Gasteiger partial charge on any atom is 0.341 e. The molecule has 8 nitrogen and oxygen atoms in total. The van der Waals surface area contributed by atoms with E-state index in [9.17, 15) is 19.8 Å². The Balaban J connectivity index is 0.00000289. The molecule has 1 atom stereocenters. The van der Waals surface area contributed by atoms with Crippen molar-refractivity contribution in [3.05, 3.63) is 58.1 Å². The summed E-state index contributed by atoms with van der Waals surface area (Å²) >= 11 is 0. The molecular formula is C22H23ClFN3O5. The zero-order valence-electron chi connectivity index (χ0n) is 17.2. The molecule has 170 valence electrons. The molecular weight excluding hydrogens is 441 g/mol. The van der Waals surface area contributed by atoms with Gasteiger partial charge in [-0.05, 0) is 49.2 Å². The number of carboxylic acids is 1. The molecule has 0 amide bonds. The van der Waals surface area contributed by atoms with Gasteiger partial charge in [-0.1, -0.05) is 0 Å². The van der Waals surface area contributed by atoms with E-state index in [0.717, 1.165) is 12.5 Å². The summed E-state index contributed by atoms with van der Waals surface area (Å²) in [5.74, 6) is -1.72. The first-order chi connectivity index (χ1) is 14.8. The summed E-state index contributed by atoms with van der Waals surface area (Å²) in [7, 11) is 1.38. The van der Waals surface area contributed by atoms with Crippen molar-refractivity contribution in [1.29, 1.82) is 0 Å². The molecule has 1 aliphatic rings.